The van der Waals surface area contributed by atoms with Crippen molar-refractivity contribution in [2.75, 3.05) is 38.8 Å². The summed E-state index contributed by atoms with van der Waals surface area (Å²) in [5.41, 5.74) is 2.03. The van der Waals surface area contributed by atoms with Crippen molar-refractivity contribution in [3.8, 4) is 0 Å². The van der Waals surface area contributed by atoms with Gasteiger partial charge in [-0.15, -0.1) is 0 Å². The molecule has 0 aromatic heterocycles. The van der Waals surface area contributed by atoms with Crippen molar-refractivity contribution in [2.24, 2.45) is 0 Å². The number of likely N-dealkylation sites (tertiary alicyclic amines) is 1. The van der Waals surface area contributed by atoms with Gasteiger partial charge >= 0.3 is 6.03 Å². The van der Waals surface area contributed by atoms with Crippen LogP contribution in [0.4, 0.5) is 10.5 Å². The molecule has 0 aliphatic carbocycles. The average Bonchev–Trinajstić information content (AvgIpc) is 3.40. The number of benzene rings is 2. The van der Waals surface area contributed by atoms with E-state index in [0.29, 0.717) is 48.9 Å². The van der Waals surface area contributed by atoms with Gasteiger partial charge in [0.2, 0.25) is 5.91 Å². The molecule has 2 aromatic carbocycles. The zero-order chi connectivity index (χ0) is 25.2. The molecule has 0 bridgehead atoms. The van der Waals surface area contributed by atoms with Crippen molar-refractivity contribution >= 4 is 35.1 Å². The SMILES string of the molecule is CN1C=C2C(=O)N(C3CCN(C(=O)[C@H](NC(=O)Nc4ccc(Cl)cc4)c4ccccc4)CC3)CN2C1. The van der Waals surface area contributed by atoms with Crippen molar-refractivity contribution in [1.29, 1.82) is 0 Å². The van der Waals surface area contributed by atoms with Gasteiger partial charge in [-0.25, -0.2) is 4.79 Å². The number of fused-ring (bicyclic) bond motifs is 1. The Morgan fingerprint density at radius 1 is 1.00 bits per heavy atom. The summed E-state index contributed by atoms with van der Waals surface area (Å²) in [6.07, 6.45) is 3.30. The van der Waals surface area contributed by atoms with Crippen LogP contribution in [0.2, 0.25) is 5.02 Å². The predicted octanol–water partition coefficient (Wildman–Crippen LogP) is 3.04. The Morgan fingerprint density at radius 3 is 2.36 bits per heavy atom. The second-order valence-electron chi connectivity index (χ2n) is 9.37. The summed E-state index contributed by atoms with van der Waals surface area (Å²) in [5.74, 6) is -0.101. The molecule has 3 aliphatic rings. The third kappa shape index (κ3) is 4.97. The van der Waals surface area contributed by atoms with Crippen LogP contribution in [-0.2, 0) is 9.59 Å². The van der Waals surface area contributed by atoms with Gasteiger partial charge in [0.25, 0.3) is 5.91 Å². The maximum atomic E-state index is 13.6. The Kier molecular flexibility index (Phi) is 6.73. The highest BCUT2D eigenvalue weighted by Crippen LogP contribution is 2.29. The lowest BCUT2D eigenvalue weighted by molar-refractivity contribution is -0.135. The summed E-state index contributed by atoms with van der Waals surface area (Å²) in [6.45, 7) is 2.36. The largest absolute Gasteiger partial charge is 0.361 e. The van der Waals surface area contributed by atoms with E-state index in [1.807, 2.05) is 53.4 Å². The summed E-state index contributed by atoms with van der Waals surface area (Å²) < 4.78 is 0. The number of halogens is 1. The fourth-order valence-electron chi connectivity index (χ4n) is 5.01. The smallest absolute Gasteiger partial charge is 0.320 e. The Hall–Kier alpha value is -3.72. The van der Waals surface area contributed by atoms with E-state index >= 15 is 0 Å². The zero-order valence-corrected chi connectivity index (χ0v) is 20.8. The molecule has 0 unspecified atom stereocenters. The normalized spacial score (nSPS) is 18.7. The van der Waals surface area contributed by atoms with Crippen LogP contribution in [0.1, 0.15) is 24.4 Å². The maximum Gasteiger partial charge on any atom is 0.320 e. The summed E-state index contributed by atoms with van der Waals surface area (Å²) in [6, 6.07) is 14.8. The monoisotopic (exact) mass is 508 g/mol. The first-order valence-corrected chi connectivity index (χ1v) is 12.4. The van der Waals surface area contributed by atoms with Gasteiger partial charge < -0.3 is 30.2 Å². The van der Waals surface area contributed by atoms with Crippen molar-refractivity contribution in [2.45, 2.75) is 24.9 Å². The van der Waals surface area contributed by atoms with Gasteiger partial charge in [-0.05, 0) is 42.7 Å². The quantitative estimate of drug-likeness (QED) is 0.648. The van der Waals surface area contributed by atoms with Crippen molar-refractivity contribution in [1.82, 2.24) is 24.9 Å². The zero-order valence-electron chi connectivity index (χ0n) is 20.1. The highest BCUT2D eigenvalue weighted by Gasteiger charge is 2.41. The topological polar surface area (TPSA) is 88.2 Å². The lowest BCUT2D eigenvalue weighted by Crippen LogP contribution is -2.51. The van der Waals surface area contributed by atoms with Crippen molar-refractivity contribution in [3.63, 3.8) is 0 Å². The lowest BCUT2D eigenvalue weighted by atomic mass is 10.0. The number of hydrogen-bond acceptors (Lipinski definition) is 5. The second kappa shape index (κ2) is 10.1. The molecule has 0 radical (unpaired) electrons. The third-order valence-corrected chi connectivity index (χ3v) is 7.11. The first kappa shape index (κ1) is 24.0. The minimum Gasteiger partial charge on any atom is -0.361 e. The summed E-state index contributed by atoms with van der Waals surface area (Å²) in [5, 5.41) is 6.17. The number of anilines is 1. The van der Waals surface area contributed by atoms with Gasteiger partial charge in [-0.1, -0.05) is 41.9 Å². The molecular formula is C26H29ClN6O3. The van der Waals surface area contributed by atoms with E-state index in [0.717, 1.165) is 12.4 Å². The first-order valence-electron chi connectivity index (χ1n) is 12.0. The van der Waals surface area contributed by atoms with Gasteiger partial charge in [-0.3, -0.25) is 9.59 Å². The number of nitrogens with zero attached hydrogens (tertiary/aromatic N) is 4. The molecular weight excluding hydrogens is 480 g/mol. The molecule has 0 saturated carbocycles. The minimum atomic E-state index is -0.824. The molecule has 10 heteroatoms. The van der Waals surface area contributed by atoms with Crippen LogP contribution < -0.4 is 10.6 Å². The van der Waals surface area contributed by atoms with Crippen molar-refractivity contribution < 1.29 is 14.4 Å². The molecule has 2 aromatic rings. The van der Waals surface area contributed by atoms with Crippen LogP contribution >= 0.6 is 11.6 Å². The molecule has 2 saturated heterocycles. The number of rotatable bonds is 5. The number of amides is 4. The van der Waals surface area contributed by atoms with E-state index in [9.17, 15) is 14.4 Å². The Bertz CT molecular complexity index is 1160. The number of urea groups is 1. The summed E-state index contributed by atoms with van der Waals surface area (Å²) in [7, 11) is 1.96. The maximum absolute atomic E-state index is 13.6. The Morgan fingerprint density at radius 2 is 1.69 bits per heavy atom. The molecule has 2 N–H and O–H groups in total. The number of nitrogens with one attached hydrogen (secondary N) is 2. The van der Waals surface area contributed by atoms with E-state index in [4.69, 9.17) is 11.6 Å². The van der Waals surface area contributed by atoms with E-state index in [2.05, 4.69) is 15.5 Å². The standard InChI is InChI=1S/C26H29ClN6O3/c1-30-15-22-24(34)33(17-32(22)16-30)21-11-13-31(14-12-21)25(35)23(18-5-3-2-4-6-18)29-26(36)28-20-9-7-19(27)8-10-20/h2-10,15,21,23H,11-14,16-17H2,1H3,(H2,28,29,36)/t23-/m1/s1. The van der Waals surface area contributed by atoms with Crippen LogP contribution in [-0.4, -0.2) is 77.0 Å². The number of hydrogen-bond donors (Lipinski definition) is 2. The first-order chi connectivity index (χ1) is 17.4. The van der Waals surface area contributed by atoms with Crippen LogP contribution in [0.5, 0.6) is 0 Å². The fourth-order valence-corrected chi connectivity index (χ4v) is 5.14. The van der Waals surface area contributed by atoms with Crippen LogP contribution in [0, 0.1) is 0 Å². The van der Waals surface area contributed by atoms with Gasteiger partial charge in [0.15, 0.2) is 0 Å². The van der Waals surface area contributed by atoms with E-state index in [1.54, 1.807) is 29.2 Å². The molecule has 3 heterocycles. The van der Waals surface area contributed by atoms with E-state index in [1.165, 1.54) is 0 Å². The molecule has 5 rings (SSSR count). The van der Waals surface area contributed by atoms with Crippen molar-refractivity contribution in [3.05, 3.63) is 77.1 Å². The average molecular weight is 509 g/mol. The fraction of sp³-hybridized carbons (Fsp3) is 0.346. The van der Waals surface area contributed by atoms with Crippen LogP contribution in [0.15, 0.2) is 66.5 Å². The van der Waals surface area contributed by atoms with E-state index < -0.39 is 12.1 Å². The number of carbonyl (C=O) groups excluding carboxylic acids is 3. The number of carbonyl (C=O) groups is 3. The predicted molar refractivity (Wildman–Crippen MR) is 137 cm³/mol. The number of piperidine rings is 1. The van der Waals surface area contributed by atoms with Gasteiger partial charge in [0.05, 0.1) is 13.3 Å². The van der Waals surface area contributed by atoms with Gasteiger partial charge in [0, 0.05) is 43.1 Å². The second-order valence-corrected chi connectivity index (χ2v) is 9.81. The third-order valence-electron chi connectivity index (χ3n) is 6.85. The lowest BCUT2D eigenvalue weighted by Gasteiger charge is -2.38. The molecule has 3 aliphatic heterocycles. The van der Waals surface area contributed by atoms with E-state index in [-0.39, 0.29) is 17.9 Å². The molecule has 188 valence electrons. The minimum absolute atomic E-state index is 0.0619. The highest BCUT2D eigenvalue weighted by atomic mass is 35.5. The molecule has 9 nitrogen and oxygen atoms in total. The van der Waals surface area contributed by atoms with Gasteiger partial charge in [-0.2, -0.15) is 0 Å². The molecule has 4 amide bonds. The summed E-state index contributed by atoms with van der Waals surface area (Å²) in [4.78, 5) is 47.0. The molecule has 36 heavy (non-hydrogen) atoms. The Labute approximate surface area is 215 Å². The van der Waals surface area contributed by atoms with Gasteiger partial charge in [0.1, 0.15) is 11.7 Å². The molecule has 2 fully saturated rings. The van der Waals surface area contributed by atoms with Crippen LogP contribution in [0.3, 0.4) is 0 Å². The highest BCUT2D eigenvalue weighted by molar-refractivity contribution is 6.30. The van der Waals surface area contributed by atoms with Crippen LogP contribution in [0.25, 0.3) is 0 Å². The molecule has 1 atom stereocenters. The Balaban J connectivity index is 1.23. The molecule has 0 spiro atoms. The summed E-state index contributed by atoms with van der Waals surface area (Å²) >= 11 is 5.92.